The second-order valence-corrected chi connectivity index (χ2v) is 7.10. The molecule has 128 valence electrons. The lowest BCUT2D eigenvalue weighted by Gasteiger charge is -2.31. The van der Waals surface area contributed by atoms with Crippen molar-refractivity contribution in [2.75, 3.05) is 26.3 Å². The van der Waals surface area contributed by atoms with E-state index in [0.29, 0.717) is 18.2 Å². The molecule has 1 fully saturated rings. The van der Waals surface area contributed by atoms with Crippen LogP contribution in [0, 0.1) is 0 Å². The SMILES string of the molecule is Clc1ccc(OCC2CNCC(COc3ccc(Br)cc3)N2)cc1. The zero-order chi connectivity index (χ0) is 16.8. The fourth-order valence-corrected chi connectivity index (χ4v) is 2.94. The molecule has 24 heavy (non-hydrogen) atoms. The molecule has 0 radical (unpaired) electrons. The molecule has 2 aromatic carbocycles. The van der Waals surface area contributed by atoms with Gasteiger partial charge in [-0.05, 0) is 48.5 Å². The van der Waals surface area contributed by atoms with Crippen LogP contribution in [0.2, 0.25) is 5.02 Å². The van der Waals surface area contributed by atoms with Crippen LogP contribution in [0.25, 0.3) is 0 Å². The second-order valence-electron chi connectivity index (χ2n) is 5.75. The first-order valence-electron chi connectivity index (χ1n) is 7.92. The molecule has 2 aromatic rings. The summed E-state index contributed by atoms with van der Waals surface area (Å²) < 4.78 is 12.7. The maximum atomic E-state index is 5.88. The van der Waals surface area contributed by atoms with Crippen LogP contribution in [0.1, 0.15) is 0 Å². The third kappa shape index (κ3) is 5.38. The first-order chi connectivity index (χ1) is 11.7. The summed E-state index contributed by atoms with van der Waals surface area (Å²) in [5.41, 5.74) is 0. The first-order valence-corrected chi connectivity index (χ1v) is 9.09. The van der Waals surface area contributed by atoms with Crippen LogP contribution in [-0.4, -0.2) is 38.4 Å². The van der Waals surface area contributed by atoms with Crippen molar-refractivity contribution in [3.8, 4) is 11.5 Å². The molecular weight excluding hydrogens is 392 g/mol. The van der Waals surface area contributed by atoms with Crippen LogP contribution in [0.3, 0.4) is 0 Å². The van der Waals surface area contributed by atoms with Gasteiger partial charge in [0.1, 0.15) is 24.7 Å². The minimum Gasteiger partial charge on any atom is -0.492 e. The lowest BCUT2D eigenvalue weighted by molar-refractivity contribution is 0.186. The van der Waals surface area contributed by atoms with E-state index in [2.05, 4.69) is 26.6 Å². The molecular formula is C18H20BrClN2O2. The zero-order valence-corrected chi connectivity index (χ0v) is 15.5. The molecule has 2 N–H and O–H groups in total. The normalized spacial score (nSPS) is 20.6. The minimum atomic E-state index is 0.243. The molecule has 2 unspecified atom stereocenters. The lowest BCUT2D eigenvalue weighted by Crippen LogP contribution is -2.58. The van der Waals surface area contributed by atoms with Gasteiger partial charge in [0, 0.05) is 22.6 Å². The molecule has 1 saturated heterocycles. The maximum absolute atomic E-state index is 5.88. The Labute approximate surface area is 155 Å². The Bertz CT molecular complexity index is 581. The molecule has 1 heterocycles. The topological polar surface area (TPSA) is 42.5 Å². The van der Waals surface area contributed by atoms with E-state index in [9.17, 15) is 0 Å². The van der Waals surface area contributed by atoms with Gasteiger partial charge in [-0.3, -0.25) is 0 Å². The van der Waals surface area contributed by atoms with Crippen molar-refractivity contribution in [3.05, 3.63) is 58.0 Å². The number of ether oxygens (including phenoxy) is 2. The van der Waals surface area contributed by atoms with E-state index in [4.69, 9.17) is 21.1 Å². The first kappa shape index (κ1) is 17.5. The summed E-state index contributed by atoms with van der Waals surface area (Å²) in [7, 11) is 0. The van der Waals surface area contributed by atoms with Gasteiger partial charge in [0.25, 0.3) is 0 Å². The van der Waals surface area contributed by atoms with Crippen molar-refractivity contribution in [1.29, 1.82) is 0 Å². The Morgan fingerprint density at radius 3 is 1.92 bits per heavy atom. The molecule has 3 rings (SSSR count). The van der Waals surface area contributed by atoms with Crippen LogP contribution in [0.5, 0.6) is 11.5 Å². The van der Waals surface area contributed by atoms with Gasteiger partial charge in [-0.25, -0.2) is 0 Å². The average molecular weight is 412 g/mol. The van der Waals surface area contributed by atoms with Crippen molar-refractivity contribution in [2.24, 2.45) is 0 Å². The molecule has 0 bridgehead atoms. The Kier molecular flexibility index (Phi) is 6.37. The largest absolute Gasteiger partial charge is 0.492 e. The Balaban J connectivity index is 1.43. The zero-order valence-electron chi connectivity index (χ0n) is 13.2. The average Bonchev–Trinajstić information content (AvgIpc) is 2.61. The number of hydrogen-bond acceptors (Lipinski definition) is 4. The highest BCUT2D eigenvalue weighted by molar-refractivity contribution is 9.10. The van der Waals surface area contributed by atoms with E-state index >= 15 is 0 Å². The van der Waals surface area contributed by atoms with E-state index in [-0.39, 0.29) is 12.1 Å². The summed E-state index contributed by atoms with van der Waals surface area (Å²) in [6.45, 7) is 2.98. The van der Waals surface area contributed by atoms with Crippen molar-refractivity contribution in [1.82, 2.24) is 10.6 Å². The van der Waals surface area contributed by atoms with E-state index in [1.54, 1.807) is 0 Å². The predicted molar refractivity (Wildman–Crippen MR) is 100 cm³/mol. The highest BCUT2D eigenvalue weighted by Gasteiger charge is 2.21. The number of nitrogens with one attached hydrogen (secondary N) is 2. The van der Waals surface area contributed by atoms with Crippen molar-refractivity contribution in [2.45, 2.75) is 12.1 Å². The fourth-order valence-electron chi connectivity index (χ4n) is 2.55. The van der Waals surface area contributed by atoms with E-state index < -0.39 is 0 Å². The van der Waals surface area contributed by atoms with Gasteiger partial charge >= 0.3 is 0 Å². The van der Waals surface area contributed by atoms with Gasteiger partial charge < -0.3 is 20.1 Å². The van der Waals surface area contributed by atoms with Crippen molar-refractivity contribution in [3.63, 3.8) is 0 Å². The Morgan fingerprint density at radius 2 is 1.38 bits per heavy atom. The molecule has 1 aliphatic rings. The molecule has 0 saturated carbocycles. The molecule has 4 nitrogen and oxygen atoms in total. The second kappa shape index (κ2) is 8.72. The van der Waals surface area contributed by atoms with Gasteiger partial charge in [0.05, 0.1) is 12.1 Å². The Morgan fingerprint density at radius 1 is 0.875 bits per heavy atom. The molecule has 0 amide bonds. The van der Waals surface area contributed by atoms with E-state index in [1.165, 1.54) is 0 Å². The smallest absolute Gasteiger partial charge is 0.119 e. The summed E-state index contributed by atoms with van der Waals surface area (Å²) >= 11 is 9.30. The Hall–Kier alpha value is -1.27. The number of rotatable bonds is 6. The standard InChI is InChI=1S/C18H20BrClN2O2/c19-13-1-5-17(6-2-13)23-11-15-9-21-10-16(22-15)12-24-18-7-3-14(20)4-8-18/h1-8,15-16,21-22H,9-12H2. The minimum absolute atomic E-state index is 0.243. The number of benzene rings is 2. The van der Waals surface area contributed by atoms with Crippen molar-refractivity contribution >= 4 is 27.5 Å². The van der Waals surface area contributed by atoms with E-state index in [0.717, 1.165) is 29.1 Å². The van der Waals surface area contributed by atoms with Crippen LogP contribution >= 0.6 is 27.5 Å². The molecule has 2 atom stereocenters. The summed E-state index contributed by atoms with van der Waals surface area (Å²) in [4.78, 5) is 0. The summed E-state index contributed by atoms with van der Waals surface area (Å²) in [5, 5.41) is 7.71. The highest BCUT2D eigenvalue weighted by atomic mass is 79.9. The van der Waals surface area contributed by atoms with Crippen molar-refractivity contribution < 1.29 is 9.47 Å². The van der Waals surface area contributed by atoms with Crippen LogP contribution in [0.15, 0.2) is 53.0 Å². The third-order valence-electron chi connectivity index (χ3n) is 3.78. The number of halogens is 2. The van der Waals surface area contributed by atoms with Gasteiger partial charge in [-0.1, -0.05) is 27.5 Å². The maximum Gasteiger partial charge on any atom is 0.119 e. The highest BCUT2D eigenvalue weighted by Crippen LogP contribution is 2.17. The number of piperazine rings is 1. The third-order valence-corrected chi connectivity index (χ3v) is 4.56. The lowest BCUT2D eigenvalue weighted by atomic mass is 10.1. The van der Waals surface area contributed by atoms with Gasteiger partial charge in [-0.15, -0.1) is 0 Å². The monoisotopic (exact) mass is 410 g/mol. The van der Waals surface area contributed by atoms with Crippen LogP contribution in [0.4, 0.5) is 0 Å². The molecule has 0 spiro atoms. The summed E-state index contributed by atoms with van der Waals surface area (Å²) in [6.07, 6.45) is 0. The number of hydrogen-bond donors (Lipinski definition) is 2. The van der Waals surface area contributed by atoms with E-state index in [1.807, 2.05) is 48.5 Å². The predicted octanol–water partition coefficient (Wildman–Crippen LogP) is 3.49. The molecule has 0 aliphatic carbocycles. The molecule has 1 aliphatic heterocycles. The van der Waals surface area contributed by atoms with Gasteiger partial charge in [0.2, 0.25) is 0 Å². The summed E-state index contributed by atoms with van der Waals surface area (Å²) in [5.74, 6) is 1.70. The quantitative estimate of drug-likeness (QED) is 0.763. The van der Waals surface area contributed by atoms with Gasteiger partial charge in [0.15, 0.2) is 0 Å². The molecule has 0 aromatic heterocycles. The van der Waals surface area contributed by atoms with Crippen LogP contribution < -0.4 is 20.1 Å². The molecule has 6 heteroatoms. The van der Waals surface area contributed by atoms with Gasteiger partial charge in [-0.2, -0.15) is 0 Å². The fraction of sp³-hybridized carbons (Fsp3) is 0.333. The summed E-state index contributed by atoms with van der Waals surface area (Å²) in [6, 6.07) is 15.8. The van der Waals surface area contributed by atoms with Crippen LogP contribution in [-0.2, 0) is 0 Å².